The van der Waals surface area contributed by atoms with E-state index in [1.54, 1.807) is 6.92 Å². The van der Waals surface area contributed by atoms with Crippen molar-refractivity contribution in [2.45, 2.75) is 33.4 Å². The summed E-state index contributed by atoms with van der Waals surface area (Å²) in [5, 5.41) is 2.96. The number of rotatable bonds is 6. The first kappa shape index (κ1) is 14.3. The molecule has 1 heterocycles. The largest absolute Gasteiger partial charge is 0.383 e. The summed E-state index contributed by atoms with van der Waals surface area (Å²) in [6.45, 7) is 7.01. The highest BCUT2D eigenvalue weighted by atomic mass is 16.5. The Morgan fingerprint density at radius 1 is 1.44 bits per heavy atom. The number of hydrogen-bond acceptors (Lipinski definition) is 5. The Balaban J connectivity index is 3.02. The van der Waals surface area contributed by atoms with Crippen LogP contribution < -0.4 is 22.3 Å². The molecule has 0 spiro atoms. The minimum Gasteiger partial charge on any atom is -0.383 e. The fourth-order valence-corrected chi connectivity index (χ4v) is 1.62. The van der Waals surface area contributed by atoms with E-state index >= 15 is 0 Å². The van der Waals surface area contributed by atoms with E-state index in [1.165, 1.54) is 4.57 Å². The van der Waals surface area contributed by atoms with Gasteiger partial charge in [0.1, 0.15) is 11.5 Å². The van der Waals surface area contributed by atoms with Gasteiger partial charge in [-0.15, -0.1) is 0 Å². The van der Waals surface area contributed by atoms with Gasteiger partial charge in [-0.25, -0.2) is 4.79 Å². The smallest absolute Gasteiger partial charge is 0.330 e. The zero-order chi connectivity index (χ0) is 13.7. The maximum atomic E-state index is 11.7. The molecule has 7 heteroatoms. The van der Waals surface area contributed by atoms with Gasteiger partial charge in [0.25, 0.3) is 5.56 Å². The summed E-state index contributed by atoms with van der Waals surface area (Å²) in [5.41, 5.74) is 5.02. The molecule has 0 aliphatic carbocycles. The number of ether oxygens (including phenoxy) is 1. The quantitative estimate of drug-likeness (QED) is 0.663. The molecule has 1 rings (SSSR count). The predicted octanol–water partition coefficient (Wildman–Crippen LogP) is -0.0244. The van der Waals surface area contributed by atoms with Gasteiger partial charge in [0.05, 0.1) is 6.61 Å². The highest BCUT2D eigenvalue weighted by Crippen LogP contribution is 2.11. The predicted molar refractivity (Wildman–Crippen MR) is 71.0 cm³/mol. The van der Waals surface area contributed by atoms with Crippen LogP contribution in [0.3, 0.4) is 0 Å². The topological polar surface area (TPSA) is 102 Å². The first-order valence-electron chi connectivity index (χ1n) is 5.98. The molecule has 0 bridgehead atoms. The average Bonchev–Trinajstić information content (AvgIpc) is 2.32. The zero-order valence-electron chi connectivity index (χ0n) is 10.9. The summed E-state index contributed by atoms with van der Waals surface area (Å²) in [7, 11) is 0. The van der Waals surface area contributed by atoms with E-state index in [1.807, 2.05) is 13.8 Å². The van der Waals surface area contributed by atoms with Crippen molar-refractivity contribution in [3.63, 3.8) is 0 Å². The minimum atomic E-state index is -0.509. The maximum absolute atomic E-state index is 11.7. The third-order valence-electron chi connectivity index (χ3n) is 2.52. The van der Waals surface area contributed by atoms with Crippen molar-refractivity contribution in [1.82, 2.24) is 9.55 Å². The third-order valence-corrected chi connectivity index (χ3v) is 2.52. The molecule has 1 aromatic heterocycles. The number of aromatic amines is 1. The van der Waals surface area contributed by atoms with Crippen LogP contribution in [0.15, 0.2) is 9.59 Å². The number of nitrogens with zero attached hydrogens (tertiary/aromatic N) is 1. The van der Waals surface area contributed by atoms with Crippen LogP contribution in [0, 0.1) is 0 Å². The Labute approximate surface area is 105 Å². The first-order valence-corrected chi connectivity index (χ1v) is 5.98. The lowest BCUT2D eigenvalue weighted by Crippen LogP contribution is -2.36. The number of hydrogen-bond donors (Lipinski definition) is 3. The highest BCUT2D eigenvalue weighted by Gasteiger charge is 2.13. The second kappa shape index (κ2) is 6.25. The van der Waals surface area contributed by atoms with Crippen molar-refractivity contribution in [3.8, 4) is 0 Å². The Kier molecular flexibility index (Phi) is 4.96. The zero-order valence-corrected chi connectivity index (χ0v) is 10.9. The van der Waals surface area contributed by atoms with Crippen molar-refractivity contribution in [1.29, 1.82) is 0 Å². The maximum Gasteiger partial charge on any atom is 0.330 e. The van der Waals surface area contributed by atoms with Crippen molar-refractivity contribution < 1.29 is 4.74 Å². The minimum absolute atomic E-state index is 0.0730. The summed E-state index contributed by atoms with van der Waals surface area (Å²) in [5.74, 6) is 0.148. The molecule has 1 atom stereocenters. The molecule has 0 aliphatic rings. The van der Waals surface area contributed by atoms with E-state index in [9.17, 15) is 9.59 Å². The SMILES string of the molecule is CCOCC(C)Nc1c(N)n(CC)c(=O)[nH]c1=O. The summed E-state index contributed by atoms with van der Waals surface area (Å²) < 4.78 is 6.55. The molecule has 0 aromatic carbocycles. The van der Waals surface area contributed by atoms with Gasteiger partial charge in [0, 0.05) is 19.2 Å². The number of aromatic nitrogens is 2. The average molecular weight is 256 g/mol. The van der Waals surface area contributed by atoms with Gasteiger partial charge in [-0.3, -0.25) is 14.3 Å². The summed E-state index contributed by atoms with van der Waals surface area (Å²) >= 11 is 0. The van der Waals surface area contributed by atoms with Gasteiger partial charge in [-0.2, -0.15) is 0 Å². The Morgan fingerprint density at radius 2 is 2.11 bits per heavy atom. The lowest BCUT2D eigenvalue weighted by molar-refractivity contribution is 0.141. The van der Waals surface area contributed by atoms with Crippen LogP contribution >= 0.6 is 0 Å². The molecule has 0 saturated heterocycles. The van der Waals surface area contributed by atoms with E-state index in [0.29, 0.717) is 19.8 Å². The molecule has 0 fully saturated rings. The molecule has 0 aliphatic heterocycles. The van der Waals surface area contributed by atoms with Gasteiger partial charge in [0.2, 0.25) is 0 Å². The number of nitrogens with two attached hydrogens (primary N) is 1. The van der Waals surface area contributed by atoms with E-state index < -0.39 is 11.2 Å². The molecular formula is C11H20N4O3. The van der Waals surface area contributed by atoms with Crippen LogP contribution in [-0.2, 0) is 11.3 Å². The van der Waals surface area contributed by atoms with Crippen molar-refractivity contribution in [2.24, 2.45) is 0 Å². The van der Waals surface area contributed by atoms with Crippen molar-refractivity contribution >= 4 is 11.5 Å². The van der Waals surface area contributed by atoms with E-state index in [2.05, 4.69) is 10.3 Å². The van der Waals surface area contributed by atoms with Gasteiger partial charge in [0.15, 0.2) is 0 Å². The van der Waals surface area contributed by atoms with Crippen LogP contribution in [0.25, 0.3) is 0 Å². The highest BCUT2D eigenvalue weighted by molar-refractivity contribution is 5.60. The van der Waals surface area contributed by atoms with Crippen LogP contribution in [0.2, 0.25) is 0 Å². The molecule has 1 unspecified atom stereocenters. The fourth-order valence-electron chi connectivity index (χ4n) is 1.62. The molecule has 0 saturated carbocycles. The van der Waals surface area contributed by atoms with Crippen LogP contribution in [-0.4, -0.2) is 28.8 Å². The monoisotopic (exact) mass is 256 g/mol. The normalized spacial score (nSPS) is 12.4. The molecule has 18 heavy (non-hydrogen) atoms. The van der Waals surface area contributed by atoms with Crippen LogP contribution in [0.1, 0.15) is 20.8 Å². The second-order valence-corrected chi connectivity index (χ2v) is 3.97. The molecule has 0 radical (unpaired) electrons. The van der Waals surface area contributed by atoms with E-state index in [-0.39, 0.29) is 17.5 Å². The Hall–Kier alpha value is -1.76. The van der Waals surface area contributed by atoms with E-state index in [4.69, 9.17) is 10.5 Å². The van der Waals surface area contributed by atoms with Crippen molar-refractivity contribution in [2.75, 3.05) is 24.3 Å². The molecule has 4 N–H and O–H groups in total. The molecule has 1 aromatic rings. The fraction of sp³-hybridized carbons (Fsp3) is 0.636. The number of nitrogens with one attached hydrogen (secondary N) is 2. The lowest BCUT2D eigenvalue weighted by Gasteiger charge is -2.17. The van der Waals surface area contributed by atoms with Gasteiger partial charge < -0.3 is 15.8 Å². The number of nitrogen functional groups attached to an aromatic ring is 1. The van der Waals surface area contributed by atoms with Crippen LogP contribution in [0.5, 0.6) is 0 Å². The summed E-state index contributed by atoms with van der Waals surface area (Å²) in [4.78, 5) is 25.4. The Morgan fingerprint density at radius 3 is 2.67 bits per heavy atom. The lowest BCUT2D eigenvalue weighted by atomic mass is 10.3. The molecule has 7 nitrogen and oxygen atoms in total. The summed E-state index contributed by atoms with van der Waals surface area (Å²) in [6, 6.07) is -0.0730. The summed E-state index contributed by atoms with van der Waals surface area (Å²) in [6.07, 6.45) is 0. The van der Waals surface area contributed by atoms with Gasteiger partial charge >= 0.3 is 5.69 Å². The molecular weight excluding hydrogens is 236 g/mol. The second-order valence-electron chi connectivity index (χ2n) is 3.97. The van der Waals surface area contributed by atoms with Crippen LogP contribution in [0.4, 0.5) is 11.5 Å². The van der Waals surface area contributed by atoms with E-state index in [0.717, 1.165) is 0 Å². The standard InChI is InChI=1S/C11H20N4O3/c1-4-15-9(12)8(10(16)14-11(15)17)13-7(3)6-18-5-2/h7,13H,4-6,12H2,1-3H3,(H,14,16,17). The third kappa shape index (κ3) is 3.13. The number of anilines is 2. The molecule has 102 valence electrons. The Bertz CT molecular complexity index is 506. The first-order chi connectivity index (χ1) is 8.51. The van der Waals surface area contributed by atoms with Crippen molar-refractivity contribution in [3.05, 3.63) is 20.8 Å². The number of H-pyrrole nitrogens is 1. The molecule has 0 amide bonds. The van der Waals surface area contributed by atoms with Gasteiger partial charge in [-0.1, -0.05) is 0 Å². The van der Waals surface area contributed by atoms with Gasteiger partial charge in [-0.05, 0) is 20.8 Å².